The van der Waals surface area contributed by atoms with Gasteiger partial charge in [-0.05, 0) is 41.3 Å². The summed E-state index contributed by atoms with van der Waals surface area (Å²) in [5.74, 6) is -0.520. The van der Waals surface area contributed by atoms with E-state index in [2.05, 4.69) is 0 Å². The maximum atomic E-state index is 14.7. The summed E-state index contributed by atoms with van der Waals surface area (Å²) in [5, 5.41) is 1.86. The first-order chi connectivity index (χ1) is 19.5. The number of ketones is 3. The van der Waals surface area contributed by atoms with Crippen LogP contribution in [-0.2, 0) is 0 Å². The number of nitrogens with zero attached hydrogens (tertiary/aromatic N) is 1. The second kappa shape index (κ2) is 9.03. The van der Waals surface area contributed by atoms with Crippen LogP contribution < -0.4 is 14.4 Å². The fourth-order valence-corrected chi connectivity index (χ4v) is 7.61. The van der Waals surface area contributed by atoms with E-state index in [1.54, 1.807) is 62.8 Å². The Labute approximate surface area is 235 Å². The monoisotopic (exact) mass is 547 g/mol. The zero-order valence-corrected chi connectivity index (χ0v) is 22.7. The molecule has 0 N–H and O–H groups in total. The Balaban J connectivity index is 1.59. The summed E-state index contributed by atoms with van der Waals surface area (Å²) in [6.45, 7) is 0. The van der Waals surface area contributed by atoms with Crippen molar-refractivity contribution in [2.45, 2.75) is 18.0 Å². The third-order valence-electron chi connectivity index (χ3n) is 8.52. The van der Waals surface area contributed by atoms with E-state index in [1.165, 1.54) is 11.3 Å². The molecule has 7 rings (SSSR count). The Morgan fingerprint density at radius 1 is 0.875 bits per heavy atom. The molecular formula is C33H25NO5S. The molecule has 4 aromatic rings. The minimum absolute atomic E-state index is 0.145. The van der Waals surface area contributed by atoms with Gasteiger partial charge < -0.3 is 14.4 Å². The normalized spacial score (nSPS) is 21.8. The van der Waals surface area contributed by atoms with E-state index in [1.807, 2.05) is 52.8 Å². The van der Waals surface area contributed by atoms with E-state index < -0.39 is 23.4 Å². The molecular weight excluding hydrogens is 522 g/mol. The molecule has 1 aromatic heterocycles. The van der Waals surface area contributed by atoms with Crippen LogP contribution >= 0.6 is 11.3 Å². The molecule has 3 heterocycles. The van der Waals surface area contributed by atoms with Crippen molar-refractivity contribution in [1.82, 2.24) is 0 Å². The van der Waals surface area contributed by atoms with Crippen LogP contribution in [0.3, 0.4) is 0 Å². The molecule has 40 heavy (non-hydrogen) atoms. The number of methoxy groups -OCH3 is 2. The summed E-state index contributed by atoms with van der Waals surface area (Å²) in [4.78, 5) is 46.6. The first-order valence-electron chi connectivity index (χ1n) is 13.1. The molecule has 0 unspecified atom stereocenters. The zero-order chi connectivity index (χ0) is 27.6. The van der Waals surface area contributed by atoms with Gasteiger partial charge in [-0.25, -0.2) is 0 Å². The molecule has 198 valence electrons. The molecule has 3 aromatic carbocycles. The van der Waals surface area contributed by atoms with Gasteiger partial charge in [0.1, 0.15) is 23.0 Å². The number of thiophene rings is 1. The van der Waals surface area contributed by atoms with Gasteiger partial charge in [0.15, 0.2) is 17.3 Å². The number of benzene rings is 3. The third kappa shape index (κ3) is 3.12. The van der Waals surface area contributed by atoms with Gasteiger partial charge in [-0.3, -0.25) is 14.4 Å². The van der Waals surface area contributed by atoms with E-state index in [9.17, 15) is 14.4 Å². The smallest absolute Gasteiger partial charge is 0.195 e. The molecule has 3 atom stereocenters. The molecule has 7 heteroatoms. The van der Waals surface area contributed by atoms with Crippen LogP contribution in [0.15, 0.2) is 90.3 Å². The predicted octanol–water partition coefficient (Wildman–Crippen LogP) is 6.08. The van der Waals surface area contributed by atoms with E-state index in [-0.39, 0.29) is 17.3 Å². The summed E-state index contributed by atoms with van der Waals surface area (Å²) >= 11 is 1.35. The van der Waals surface area contributed by atoms with Crippen molar-refractivity contribution in [3.63, 3.8) is 0 Å². The lowest BCUT2D eigenvalue weighted by Gasteiger charge is -2.37. The van der Waals surface area contributed by atoms with Gasteiger partial charge in [0, 0.05) is 28.3 Å². The molecule has 1 spiro atoms. The summed E-state index contributed by atoms with van der Waals surface area (Å²) in [6, 6.07) is 22.2. The molecule has 3 aliphatic rings. The number of carbonyl (C=O) groups excluding carboxylic acids is 3. The molecule has 0 bridgehead atoms. The number of Topliss-reactive ketones (excluding diaryl/α,β-unsaturated/α-hetero) is 3. The number of para-hydroxylation sites is 1. The largest absolute Gasteiger partial charge is 0.497 e. The molecule has 1 aliphatic carbocycles. The first-order valence-corrected chi connectivity index (χ1v) is 13.9. The van der Waals surface area contributed by atoms with E-state index in [0.29, 0.717) is 33.1 Å². The lowest BCUT2D eigenvalue weighted by atomic mass is 9.64. The summed E-state index contributed by atoms with van der Waals surface area (Å²) in [5.41, 5.74) is 1.50. The number of hydrogen-bond donors (Lipinski definition) is 0. The van der Waals surface area contributed by atoms with Gasteiger partial charge in [-0.2, -0.15) is 0 Å². The van der Waals surface area contributed by atoms with Crippen LogP contribution in [0.5, 0.6) is 11.5 Å². The minimum Gasteiger partial charge on any atom is -0.497 e. The van der Waals surface area contributed by atoms with E-state index in [4.69, 9.17) is 9.47 Å². The maximum absolute atomic E-state index is 14.7. The number of anilines is 1. The van der Waals surface area contributed by atoms with E-state index in [0.717, 1.165) is 11.3 Å². The number of rotatable bonds is 5. The fourth-order valence-electron chi connectivity index (χ4n) is 6.91. The average Bonchev–Trinajstić information content (AvgIpc) is 3.70. The first kappa shape index (κ1) is 24.5. The van der Waals surface area contributed by atoms with E-state index >= 15 is 0 Å². The van der Waals surface area contributed by atoms with Gasteiger partial charge in [-0.15, -0.1) is 11.3 Å². The van der Waals surface area contributed by atoms with Crippen molar-refractivity contribution in [2.75, 3.05) is 19.1 Å². The van der Waals surface area contributed by atoms with Crippen molar-refractivity contribution in [2.24, 2.45) is 5.41 Å². The summed E-state index contributed by atoms with van der Waals surface area (Å²) in [6.07, 6.45) is 3.88. The van der Waals surface area contributed by atoms with Crippen LogP contribution in [0.4, 0.5) is 5.69 Å². The Morgan fingerprint density at radius 3 is 2.27 bits per heavy atom. The quantitative estimate of drug-likeness (QED) is 0.223. The molecule has 0 amide bonds. The van der Waals surface area contributed by atoms with Crippen molar-refractivity contribution in [3.8, 4) is 11.5 Å². The van der Waals surface area contributed by atoms with Gasteiger partial charge in [0.05, 0.1) is 25.1 Å². The number of carbonyl (C=O) groups is 3. The zero-order valence-electron chi connectivity index (χ0n) is 21.9. The van der Waals surface area contributed by atoms with Gasteiger partial charge in [0.25, 0.3) is 0 Å². The Hall–Kier alpha value is -4.49. The molecule has 6 nitrogen and oxygen atoms in total. The number of hydrogen-bond acceptors (Lipinski definition) is 7. The van der Waals surface area contributed by atoms with Crippen molar-refractivity contribution < 1.29 is 23.9 Å². The van der Waals surface area contributed by atoms with Crippen molar-refractivity contribution in [3.05, 3.63) is 117 Å². The second-order valence-corrected chi connectivity index (χ2v) is 11.2. The molecule has 1 saturated heterocycles. The minimum atomic E-state index is -1.59. The molecule has 1 fully saturated rings. The fraction of sp³-hybridized carbons (Fsp3) is 0.182. The number of ether oxygens (including phenoxy) is 2. The standard InChI is InChI=1S/C33H25NO5S/c1-38-20-14-15-25(39-2)23(18-20)28-29(30(35)26-12-7-17-40-26)34-24-11-6-3-8-19(24)13-16-27(34)33(28)31(36)21-9-4-5-10-22(21)32(33)37/h3-18,27-29H,1-2H3/t27-,28+,29+/m1/s1. The maximum Gasteiger partial charge on any atom is 0.195 e. The summed E-state index contributed by atoms with van der Waals surface area (Å²) in [7, 11) is 3.12. The van der Waals surface area contributed by atoms with Gasteiger partial charge >= 0.3 is 0 Å². The number of fused-ring (bicyclic) bond motifs is 5. The highest BCUT2D eigenvalue weighted by molar-refractivity contribution is 7.12. The van der Waals surface area contributed by atoms with Crippen LogP contribution in [0.2, 0.25) is 0 Å². The lowest BCUT2D eigenvalue weighted by Crippen LogP contribution is -2.48. The van der Waals surface area contributed by atoms with Crippen LogP contribution in [0, 0.1) is 5.41 Å². The average molecular weight is 548 g/mol. The highest BCUT2D eigenvalue weighted by atomic mass is 32.1. The Bertz CT molecular complexity index is 1690. The highest BCUT2D eigenvalue weighted by Crippen LogP contribution is 2.62. The SMILES string of the molecule is COc1ccc(OC)c([C@H]2[C@@H](C(=O)c3cccs3)N3c4ccccc4C=C[C@@H]3C23C(=O)c2ccccc2C3=O)c1. The van der Waals surface area contributed by atoms with Crippen LogP contribution in [-0.4, -0.2) is 43.7 Å². The van der Waals surface area contributed by atoms with Gasteiger partial charge in [-0.1, -0.05) is 60.7 Å². The lowest BCUT2D eigenvalue weighted by molar-refractivity contribution is 0.0664. The highest BCUT2D eigenvalue weighted by Gasteiger charge is 2.72. The topological polar surface area (TPSA) is 72.9 Å². The van der Waals surface area contributed by atoms with Crippen molar-refractivity contribution >= 4 is 40.4 Å². The van der Waals surface area contributed by atoms with Gasteiger partial charge in [0.2, 0.25) is 0 Å². The molecule has 2 aliphatic heterocycles. The van der Waals surface area contributed by atoms with Crippen LogP contribution in [0.25, 0.3) is 6.08 Å². The second-order valence-electron chi connectivity index (χ2n) is 10.2. The molecule has 0 saturated carbocycles. The molecule has 0 radical (unpaired) electrons. The predicted molar refractivity (Wildman–Crippen MR) is 154 cm³/mol. The van der Waals surface area contributed by atoms with Crippen LogP contribution in [0.1, 0.15) is 47.4 Å². The Kier molecular flexibility index (Phi) is 5.54. The Morgan fingerprint density at radius 2 is 1.60 bits per heavy atom. The van der Waals surface area contributed by atoms with Crippen molar-refractivity contribution in [1.29, 1.82) is 0 Å². The summed E-state index contributed by atoms with van der Waals surface area (Å²) < 4.78 is 11.4. The third-order valence-corrected chi connectivity index (χ3v) is 9.40.